The third-order valence-corrected chi connectivity index (χ3v) is 7.24. The standard InChI is InChI=1S/C30H35FN2O/c1-3-22(4-2)30(34)32-26-15-16-28(27(31)21-26)33-19-17-25(18-20-33)29(23-11-7-5-8-12-23)24-13-9-6-10-14-24/h5-16,21-22,25,29H,3-4,17-20H2,1-2H3,(H,32,34). The Labute approximate surface area is 203 Å². The van der Waals surface area contributed by atoms with E-state index in [9.17, 15) is 4.79 Å². The largest absolute Gasteiger partial charge is 0.369 e. The summed E-state index contributed by atoms with van der Waals surface area (Å²) in [4.78, 5) is 14.5. The summed E-state index contributed by atoms with van der Waals surface area (Å²) < 4.78 is 15.0. The predicted octanol–water partition coefficient (Wildman–Crippen LogP) is 7.25. The molecule has 1 saturated heterocycles. The fourth-order valence-corrected chi connectivity index (χ4v) is 5.28. The first-order chi connectivity index (χ1) is 16.6. The summed E-state index contributed by atoms with van der Waals surface area (Å²) in [6.07, 6.45) is 3.57. The van der Waals surface area contributed by atoms with Gasteiger partial charge in [0.15, 0.2) is 0 Å². The van der Waals surface area contributed by atoms with E-state index in [2.05, 4.69) is 70.9 Å². The second kappa shape index (κ2) is 11.3. The summed E-state index contributed by atoms with van der Waals surface area (Å²) >= 11 is 0. The van der Waals surface area contributed by atoms with Crippen molar-refractivity contribution >= 4 is 17.3 Å². The molecule has 0 saturated carbocycles. The van der Waals surface area contributed by atoms with E-state index in [1.807, 2.05) is 26.0 Å². The summed E-state index contributed by atoms with van der Waals surface area (Å²) in [5, 5.41) is 2.88. The first-order valence-corrected chi connectivity index (χ1v) is 12.6. The van der Waals surface area contributed by atoms with E-state index in [4.69, 9.17) is 0 Å². The zero-order chi connectivity index (χ0) is 23.9. The topological polar surface area (TPSA) is 32.3 Å². The number of rotatable bonds is 8. The van der Waals surface area contributed by atoms with Crippen LogP contribution in [-0.2, 0) is 4.79 Å². The van der Waals surface area contributed by atoms with Crippen molar-refractivity contribution in [1.82, 2.24) is 0 Å². The molecule has 1 aliphatic rings. The average Bonchev–Trinajstić information content (AvgIpc) is 2.87. The number of hydrogen-bond donors (Lipinski definition) is 1. The predicted molar refractivity (Wildman–Crippen MR) is 139 cm³/mol. The summed E-state index contributed by atoms with van der Waals surface area (Å²) in [5.41, 5.74) is 3.84. The number of piperidine rings is 1. The van der Waals surface area contributed by atoms with E-state index >= 15 is 4.39 Å². The molecule has 34 heavy (non-hydrogen) atoms. The SMILES string of the molecule is CCC(CC)C(=O)Nc1ccc(N2CCC(C(c3ccccc3)c3ccccc3)CC2)c(F)c1. The van der Waals surface area contributed by atoms with Crippen molar-refractivity contribution in [3.05, 3.63) is 95.8 Å². The van der Waals surface area contributed by atoms with Gasteiger partial charge in [-0.2, -0.15) is 0 Å². The summed E-state index contributed by atoms with van der Waals surface area (Å²) in [6.45, 7) is 5.64. The van der Waals surface area contributed by atoms with E-state index in [0.717, 1.165) is 38.8 Å². The highest BCUT2D eigenvalue weighted by Gasteiger charge is 2.29. The zero-order valence-corrected chi connectivity index (χ0v) is 20.2. The molecule has 3 aromatic rings. The Balaban J connectivity index is 1.45. The minimum Gasteiger partial charge on any atom is -0.369 e. The molecule has 0 bridgehead atoms. The number of carbonyl (C=O) groups excluding carboxylic acids is 1. The molecule has 4 heteroatoms. The number of carbonyl (C=O) groups is 1. The maximum Gasteiger partial charge on any atom is 0.227 e. The third kappa shape index (κ3) is 5.49. The first kappa shape index (κ1) is 24.0. The lowest BCUT2D eigenvalue weighted by molar-refractivity contribution is -0.120. The molecule has 1 amide bonds. The van der Waals surface area contributed by atoms with Gasteiger partial charge in [-0.1, -0.05) is 74.5 Å². The van der Waals surface area contributed by atoms with Gasteiger partial charge in [-0.3, -0.25) is 4.79 Å². The molecule has 3 aromatic carbocycles. The van der Waals surface area contributed by atoms with Crippen LogP contribution >= 0.6 is 0 Å². The van der Waals surface area contributed by atoms with Crippen molar-refractivity contribution in [2.24, 2.45) is 11.8 Å². The van der Waals surface area contributed by atoms with Crippen molar-refractivity contribution in [2.75, 3.05) is 23.3 Å². The Morgan fingerprint density at radius 2 is 1.47 bits per heavy atom. The first-order valence-electron chi connectivity index (χ1n) is 12.6. The minimum atomic E-state index is -0.275. The van der Waals surface area contributed by atoms with Crippen molar-refractivity contribution in [1.29, 1.82) is 0 Å². The Morgan fingerprint density at radius 1 is 0.912 bits per heavy atom. The van der Waals surface area contributed by atoms with Crippen LogP contribution in [0.1, 0.15) is 56.6 Å². The maximum absolute atomic E-state index is 15.0. The Hall–Kier alpha value is -3.14. The maximum atomic E-state index is 15.0. The molecule has 0 atom stereocenters. The van der Waals surface area contributed by atoms with Gasteiger partial charge in [0.05, 0.1) is 5.69 Å². The van der Waals surface area contributed by atoms with Crippen molar-refractivity contribution in [3.8, 4) is 0 Å². The lowest BCUT2D eigenvalue weighted by Gasteiger charge is -2.38. The molecular formula is C30H35FN2O. The molecule has 3 nitrogen and oxygen atoms in total. The van der Waals surface area contributed by atoms with E-state index in [0.29, 0.717) is 23.2 Å². The zero-order valence-electron chi connectivity index (χ0n) is 20.2. The van der Waals surface area contributed by atoms with Crippen LogP contribution in [0.2, 0.25) is 0 Å². The number of amides is 1. The smallest absolute Gasteiger partial charge is 0.227 e. The molecular weight excluding hydrogens is 423 g/mol. The van der Waals surface area contributed by atoms with Gasteiger partial charge in [-0.05, 0) is 60.9 Å². The number of anilines is 2. The van der Waals surface area contributed by atoms with Crippen molar-refractivity contribution in [3.63, 3.8) is 0 Å². The van der Waals surface area contributed by atoms with E-state index in [-0.39, 0.29) is 17.6 Å². The van der Waals surface area contributed by atoms with Gasteiger partial charge >= 0.3 is 0 Å². The number of nitrogens with zero attached hydrogens (tertiary/aromatic N) is 1. The lowest BCUT2D eigenvalue weighted by Crippen LogP contribution is -2.36. The van der Waals surface area contributed by atoms with Crippen molar-refractivity contribution < 1.29 is 9.18 Å². The molecule has 4 rings (SSSR count). The Bertz CT molecular complexity index is 1020. The summed E-state index contributed by atoms with van der Waals surface area (Å²) in [5.74, 6) is 0.498. The number of hydrogen-bond acceptors (Lipinski definition) is 2. The van der Waals surface area contributed by atoms with Crippen LogP contribution < -0.4 is 10.2 Å². The summed E-state index contributed by atoms with van der Waals surface area (Å²) in [7, 11) is 0. The van der Waals surface area contributed by atoms with Crippen LogP contribution in [0.4, 0.5) is 15.8 Å². The highest BCUT2D eigenvalue weighted by atomic mass is 19.1. The highest BCUT2D eigenvalue weighted by molar-refractivity contribution is 5.92. The molecule has 0 spiro atoms. The molecule has 1 fully saturated rings. The van der Waals surface area contributed by atoms with E-state index < -0.39 is 0 Å². The van der Waals surface area contributed by atoms with Crippen LogP contribution in [0.15, 0.2) is 78.9 Å². The quantitative estimate of drug-likeness (QED) is 0.386. The molecule has 0 aromatic heterocycles. The fraction of sp³-hybridized carbons (Fsp3) is 0.367. The van der Waals surface area contributed by atoms with E-state index in [1.165, 1.54) is 17.2 Å². The van der Waals surface area contributed by atoms with Crippen LogP contribution in [0.5, 0.6) is 0 Å². The van der Waals surface area contributed by atoms with Crippen LogP contribution in [0, 0.1) is 17.7 Å². The second-order valence-corrected chi connectivity index (χ2v) is 9.29. The second-order valence-electron chi connectivity index (χ2n) is 9.29. The number of benzene rings is 3. The van der Waals surface area contributed by atoms with Gasteiger partial charge in [0.25, 0.3) is 0 Å². The minimum absolute atomic E-state index is 0.0363. The molecule has 1 N–H and O–H groups in total. The molecule has 1 aliphatic heterocycles. The molecule has 0 radical (unpaired) electrons. The molecule has 178 valence electrons. The van der Waals surface area contributed by atoms with Gasteiger partial charge < -0.3 is 10.2 Å². The van der Waals surface area contributed by atoms with Crippen LogP contribution in [0.3, 0.4) is 0 Å². The monoisotopic (exact) mass is 458 g/mol. The lowest BCUT2D eigenvalue weighted by atomic mass is 9.76. The Morgan fingerprint density at radius 3 is 1.97 bits per heavy atom. The van der Waals surface area contributed by atoms with Gasteiger partial charge in [0, 0.05) is 30.6 Å². The van der Waals surface area contributed by atoms with Gasteiger partial charge in [0.1, 0.15) is 5.82 Å². The number of nitrogens with one attached hydrogen (secondary N) is 1. The van der Waals surface area contributed by atoms with E-state index in [1.54, 1.807) is 0 Å². The molecule has 0 unspecified atom stereocenters. The van der Waals surface area contributed by atoms with Crippen LogP contribution in [-0.4, -0.2) is 19.0 Å². The van der Waals surface area contributed by atoms with Crippen LogP contribution in [0.25, 0.3) is 0 Å². The Kier molecular flexibility index (Phi) is 7.99. The fourth-order valence-electron chi connectivity index (χ4n) is 5.28. The van der Waals surface area contributed by atoms with Gasteiger partial charge in [0.2, 0.25) is 5.91 Å². The number of halogens is 1. The summed E-state index contributed by atoms with van der Waals surface area (Å²) in [6, 6.07) is 26.5. The highest BCUT2D eigenvalue weighted by Crippen LogP contribution is 2.39. The third-order valence-electron chi connectivity index (χ3n) is 7.24. The molecule has 1 heterocycles. The van der Waals surface area contributed by atoms with Gasteiger partial charge in [-0.25, -0.2) is 4.39 Å². The molecule has 0 aliphatic carbocycles. The average molecular weight is 459 g/mol. The van der Waals surface area contributed by atoms with Gasteiger partial charge in [-0.15, -0.1) is 0 Å². The normalized spacial score (nSPS) is 14.6. The van der Waals surface area contributed by atoms with Crippen molar-refractivity contribution in [2.45, 2.75) is 45.4 Å².